The summed E-state index contributed by atoms with van der Waals surface area (Å²) >= 11 is 3.57. The van der Waals surface area contributed by atoms with Crippen molar-refractivity contribution in [2.45, 2.75) is 39.8 Å². The minimum Gasteiger partial charge on any atom is -0.296 e. The zero-order valence-corrected chi connectivity index (χ0v) is 18.9. The van der Waals surface area contributed by atoms with E-state index in [1.165, 1.54) is 6.07 Å². The minimum atomic E-state index is -0.280. The summed E-state index contributed by atoms with van der Waals surface area (Å²) in [5, 5.41) is 8.93. The van der Waals surface area contributed by atoms with Crippen molar-refractivity contribution in [2.24, 2.45) is 4.99 Å². The van der Waals surface area contributed by atoms with Crippen molar-refractivity contribution in [3.05, 3.63) is 75.5 Å². The van der Waals surface area contributed by atoms with Gasteiger partial charge in [0.15, 0.2) is 11.6 Å². The lowest BCUT2D eigenvalue weighted by molar-refractivity contribution is 0.258. The number of fused-ring (bicyclic) bond motifs is 3. The fourth-order valence-corrected chi connectivity index (χ4v) is 4.31. The van der Waals surface area contributed by atoms with Gasteiger partial charge in [0, 0.05) is 15.6 Å². The normalized spacial score (nSPS) is 13.0. The largest absolute Gasteiger partial charge is 0.296 e. The molecule has 0 atom stereocenters. The van der Waals surface area contributed by atoms with E-state index in [-0.39, 0.29) is 5.82 Å². The van der Waals surface area contributed by atoms with Gasteiger partial charge >= 0.3 is 0 Å². The van der Waals surface area contributed by atoms with Gasteiger partial charge in [0.05, 0.1) is 17.9 Å². The molecule has 2 aromatic carbocycles. The predicted octanol–water partition coefficient (Wildman–Crippen LogP) is 5.14. The molecule has 0 saturated carbocycles. The molecule has 0 fully saturated rings. The molecule has 0 bridgehead atoms. The van der Waals surface area contributed by atoms with E-state index >= 15 is 0 Å². The van der Waals surface area contributed by atoms with Crippen LogP contribution in [0.4, 0.5) is 4.39 Å². The number of rotatable bonds is 7. The highest BCUT2D eigenvalue weighted by Gasteiger charge is 2.25. The second kappa shape index (κ2) is 9.18. The highest BCUT2D eigenvalue weighted by atomic mass is 79.9. The van der Waals surface area contributed by atoms with E-state index in [2.05, 4.69) is 49.4 Å². The first-order valence-electron chi connectivity index (χ1n) is 10.4. The molecule has 3 aromatic rings. The van der Waals surface area contributed by atoms with E-state index in [1.54, 1.807) is 12.1 Å². The van der Waals surface area contributed by atoms with Crippen LogP contribution in [0.1, 0.15) is 49.5 Å². The molecule has 1 aromatic heterocycles. The molecule has 30 heavy (non-hydrogen) atoms. The number of hydrogen-bond donors (Lipinski definition) is 0. The van der Waals surface area contributed by atoms with E-state index in [0.29, 0.717) is 17.8 Å². The standard InChI is InChI=1S/C23H25BrFN5/c1-3-11-29(12-4-2)15-22-28-27-21-14-26-23(17-7-5-6-8-19(17)25)18-13-16(24)9-10-20(18)30(21)22/h5-10,13H,3-4,11-12,14-15H2,1-2H3. The fourth-order valence-electron chi connectivity index (χ4n) is 3.95. The average molecular weight is 470 g/mol. The van der Waals surface area contributed by atoms with Gasteiger partial charge in [-0.05, 0) is 56.3 Å². The van der Waals surface area contributed by atoms with Crippen LogP contribution >= 0.6 is 15.9 Å². The first-order valence-corrected chi connectivity index (χ1v) is 11.2. The summed E-state index contributed by atoms with van der Waals surface area (Å²) in [6.45, 7) is 7.48. The van der Waals surface area contributed by atoms with Gasteiger partial charge in [0.2, 0.25) is 0 Å². The Morgan fingerprint density at radius 1 is 1.03 bits per heavy atom. The topological polar surface area (TPSA) is 46.3 Å². The first kappa shape index (κ1) is 20.9. The molecule has 1 aliphatic rings. The number of benzene rings is 2. The Morgan fingerprint density at radius 2 is 1.80 bits per heavy atom. The van der Waals surface area contributed by atoms with Crippen molar-refractivity contribution in [2.75, 3.05) is 13.1 Å². The van der Waals surface area contributed by atoms with Gasteiger partial charge in [-0.25, -0.2) is 4.39 Å². The summed E-state index contributed by atoms with van der Waals surface area (Å²) in [6.07, 6.45) is 2.18. The van der Waals surface area contributed by atoms with Gasteiger partial charge in [-0.1, -0.05) is 41.9 Å². The molecule has 0 radical (unpaired) electrons. The Hall–Kier alpha value is -2.38. The van der Waals surface area contributed by atoms with Gasteiger partial charge in [0.1, 0.15) is 12.4 Å². The van der Waals surface area contributed by atoms with Crippen molar-refractivity contribution >= 4 is 21.6 Å². The van der Waals surface area contributed by atoms with Crippen LogP contribution in [0.5, 0.6) is 0 Å². The second-order valence-corrected chi connectivity index (χ2v) is 8.37. The van der Waals surface area contributed by atoms with Gasteiger partial charge in [-0.3, -0.25) is 14.5 Å². The van der Waals surface area contributed by atoms with E-state index in [1.807, 2.05) is 24.3 Å². The highest BCUT2D eigenvalue weighted by Crippen LogP contribution is 2.29. The monoisotopic (exact) mass is 469 g/mol. The molecule has 0 aliphatic carbocycles. The van der Waals surface area contributed by atoms with Crippen LogP contribution in [-0.2, 0) is 13.1 Å². The summed E-state index contributed by atoms with van der Waals surface area (Å²) in [4.78, 5) is 7.16. The molecule has 0 spiro atoms. The van der Waals surface area contributed by atoms with Crippen LogP contribution in [-0.4, -0.2) is 38.5 Å². The van der Waals surface area contributed by atoms with E-state index < -0.39 is 0 Å². The smallest absolute Gasteiger partial charge is 0.159 e. The maximum atomic E-state index is 14.6. The molecular formula is C23H25BrFN5. The van der Waals surface area contributed by atoms with Crippen LogP contribution < -0.4 is 0 Å². The van der Waals surface area contributed by atoms with E-state index in [0.717, 1.165) is 59.8 Å². The van der Waals surface area contributed by atoms with Gasteiger partial charge < -0.3 is 0 Å². The zero-order valence-electron chi connectivity index (χ0n) is 17.3. The van der Waals surface area contributed by atoms with Crippen LogP contribution in [0.3, 0.4) is 0 Å². The van der Waals surface area contributed by atoms with Crippen molar-refractivity contribution in [1.82, 2.24) is 19.7 Å². The molecule has 156 valence electrons. The second-order valence-electron chi connectivity index (χ2n) is 7.45. The third kappa shape index (κ3) is 4.09. The maximum absolute atomic E-state index is 14.6. The molecule has 0 N–H and O–H groups in total. The van der Waals surface area contributed by atoms with E-state index in [4.69, 9.17) is 4.99 Å². The Kier molecular flexibility index (Phi) is 6.39. The van der Waals surface area contributed by atoms with Gasteiger partial charge in [-0.15, -0.1) is 10.2 Å². The van der Waals surface area contributed by atoms with Gasteiger partial charge in [-0.2, -0.15) is 0 Å². The Morgan fingerprint density at radius 3 is 2.53 bits per heavy atom. The van der Waals surface area contributed by atoms with Crippen LogP contribution in [0.2, 0.25) is 0 Å². The van der Waals surface area contributed by atoms with Gasteiger partial charge in [0.25, 0.3) is 0 Å². The Bertz CT molecular complexity index is 1070. The summed E-state index contributed by atoms with van der Waals surface area (Å²) in [5.74, 6) is 1.38. The lowest BCUT2D eigenvalue weighted by Gasteiger charge is -2.21. The van der Waals surface area contributed by atoms with Crippen LogP contribution in [0.15, 0.2) is 51.9 Å². The van der Waals surface area contributed by atoms with Crippen LogP contribution in [0.25, 0.3) is 5.69 Å². The van der Waals surface area contributed by atoms with Crippen molar-refractivity contribution in [3.8, 4) is 5.69 Å². The molecule has 1 aliphatic heterocycles. The molecule has 2 heterocycles. The third-order valence-electron chi connectivity index (χ3n) is 5.20. The Labute approximate surface area is 184 Å². The van der Waals surface area contributed by atoms with Crippen molar-refractivity contribution in [1.29, 1.82) is 0 Å². The van der Waals surface area contributed by atoms with Crippen LogP contribution in [0, 0.1) is 5.82 Å². The molecule has 4 rings (SSSR count). The molecule has 0 unspecified atom stereocenters. The molecule has 7 heteroatoms. The summed E-state index contributed by atoms with van der Waals surface area (Å²) in [5.41, 5.74) is 2.93. The lowest BCUT2D eigenvalue weighted by atomic mass is 10.00. The third-order valence-corrected chi connectivity index (χ3v) is 5.70. The zero-order chi connectivity index (χ0) is 21.1. The first-order chi connectivity index (χ1) is 14.6. The molecular weight excluding hydrogens is 445 g/mol. The van der Waals surface area contributed by atoms with Crippen molar-refractivity contribution < 1.29 is 4.39 Å². The highest BCUT2D eigenvalue weighted by molar-refractivity contribution is 9.10. The number of aliphatic imine (C=N–C) groups is 1. The fraction of sp³-hybridized carbons (Fsp3) is 0.348. The molecule has 5 nitrogen and oxygen atoms in total. The SMILES string of the molecule is CCCN(CCC)Cc1nnc2n1-c1ccc(Br)cc1C(c1ccccc1F)=NC2. The number of nitrogens with zero attached hydrogens (tertiary/aromatic N) is 5. The minimum absolute atomic E-state index is 0.280. The number of hydrogen-bond acceptors (Lipinski definition) is 4. The quantitative estimate of drug-likeness (QED) is 0.480. The summed E-state index contributed by atoms with van der Waals surface area (Å²) in [6, 6.07) is 12.8. The summed E-state index contributed by atoms with van der Waals surface area (Å²) in [7, 11) is 0. The number of aromatic nitrogens is 3. The average Bonchev–Trinajstić information content (AvgIpc) is 3.04. The van der Waals surface area contributed by atoms with Crippen molar-refractivity contribution in [3.63, 3.8) is 0 Å². The summed E-state index contributed by atoms with van der Waals surface area (Å²) < 4.78 is 17.7. The Balaban J connectivity index is 1.83. The maximum Gasteiger partial charge on any atom is 0.159 e. The number of halogens is 2. The predicted molar refractivity (Wildman–Crippen MR) is 121 cm³/mol. The lowest BCUT2D eigenvalue weighted by Crippen LogP contribution is -2.27. The molecule has 0 amide bonds. The van der Waals surface area contributed by atoms with E-state index in [9.17, 15) is 4.39 Å². The molecule has 0 saturated heterocycles.